The average molecular weight is 1040 g/mol. The van der Waals surface area contributed by atoms with Gasteiger partial charge < -0.3 is 13.6 Å². The van der Waals surface area contributed by atoms with E-state index in [4.69, 9.17) is 19.4 Å². The van der Waals surface area contributed by atoms with Crippen LogP contribution in [0.2, 0.25) is 0 Å². The zero-order valence-corrected chi connectivity index (χ0v) is 44.0. The van der Waals surface area contributed by atoms with Crippen LogP contribution in [0.3, 0.4) is 0 Å². The van der Waals surface area contributed by atoms with Gasteiger partial charge in [-0.1, -0.05) is 226 Å². The van der Waals surface area contributed by atoms with E-state index in [0.717, 1.165) is 127 Å². The van der Waals surface area contributed by atoms with Gasteiger partial charge in [-0.3, -0.25) is 0 Å². The molecule has 0 saturated heterocycles. The number of allylic oxidation sites excluding steroid dienone is 4. The summed E-state index contributed by atoms with van der Waals surface area (Å²) in [5, 5.41) is 6.68. The fourth-order valence-electron chi connectivity index (χ4n) is 12.0. The third-order valence-electron chi connectivity index (χ3n) is 15.7. The van der Waals surface area contributed by atoms with Gasteiger partial charge >= 0.3 is 0 Å². The number of hydrogen-bond acceptors (Lipinski definition) is 4. The predicted molar refractivity (Wildman–Crippen MR) is 337 cm³/mol. The molecule has 0 radical (unpaired) electrons. The molecule has 81 heavy (non-hydrogen) atoms. The van der Waals surface area contributed by atoms with E-state index in [9.17, 15) is 0 Å². The summed E-state index contributed by atoms with van der Waals surface area (Å²) in [4.78, 5) is 16.0. The van der Waals surface area contributed by atoms with E-state index in [0.29, 0.717) is 17.5 Å². The molecular weight excluding hydrogens is 987 g/mol. The molecule has 0 amide bonds. The van der Waals surface area contributed by atoms with Gasteiger partial charge in [0, 0.05) is 66.5 Å². The Morgan fingerprint density at radius 1 is 0.370 bits per heavy atom. The standard InChI is InChI=1S/C75H49N5O/c1-3-21-48(4-2)50-34-38-54(39-35-50)73-76-74(55-40-36-51(37-41-55)49-22-9-5-10-23-49)78-75(77-73)56-44-61(52-24-11-6-12-25-52)71(62(45-56)53-26-13-7-14-27-53)80-66-33-20-18-31-60(66)70-67(80)43-42-59-64-46-63-58-30-17-19-32-65(58)79(57-28-15-8-16-29-57)68(63)47-69(64)81-72(59)70/h3-47H,1-2H2/b48-21+. The Balaban J connectivity index is 0.976. The Hall–Kier alpha value is -11.0. The summed E-state index contributed by atoms with van der Waals surface area (Å²) in [6.07, 6.45) is 5.58. The molecule has 15 rings (SSSR count). The summed E-state index contributed by atoms with van der Waals surface area (Å²) in [5.41, 5.74) is 19.1. The van der Waals surface area contributed by atoms with E-state index >= 15 is 0 Å². The number of benzene rings is 11. The number of rotatable bonds is 11. The monoisotopic (exact) mass is 1040 g/mol. The first kappa shape index (κ1) is 47.3. The van der Waals surface area contributed by atoms with Crippen molar-refractivity contribution >= 4 is 71.1 Å². The minimum atomic E-state index is 0.553. The highest BCUT2D eigenvalue weighted by Gasteiger charge is 2.26. The highest BCUT2D eigenvalue weighted by molar-refractivity contribution is 6.26. The van der Waals surface area contributed by atoms with Crippen LogP contribution in [0.15, 0.2) is 291 Å². The lowest BCUT2D eigenvalue weighted by Crippen LogP contribution is -2.04. The largest absolute Gasteiger partial charge is 0.455 e. The van der Waals surface area contributed by atoms with Crippen LogP contribution in [-0.2, 0) is 0 Å². The van der Waals surface area contributed by atoms with E-state index in [1.807, 2.05) is 18.2 Å². The Bertz CT molecular complexity index is 4910. The van der Waals surface area contributed by atoms with Crippen LogP contribution >= 0.6 is 0 Å². The lowest BCUT2D eigenvalue weighted by Gasteiger charge is -2.21. The SMILES string of the molecule is C=C/C=C(\C=C)c1ccc(-c2nc(-c3ccc(-c4ccccc4)cc3)nc(-c3cc(-c4ccccc4)c(-n4c5ccccc5c5c6oc7cc8c(cc7c6ccc54)c4ccccc4n8-c4ccccc4)c(-c4ccccc4)c3)n2)cc1. The van der Waals surface area contributed by atoms with Gasteiger partial charge in [0.15, 0.2) is 17.5 Å². The van der Waals surface area contributed by atoms with E-state index in [2.05, 4.69) is 271 Å². The quantitative estimate of drug-likeness (QED) is 0.121. The lowest BCUT2D eigenvalue weighted by molar-refractivity contribution is 0.673. The lowest BCUT2D eigenvalue weighted by atomic mass is 9.92. The summed E-state index contributed by atoms with van der Waals surface area (Å²) in [5.74, 6) is 1.69. The average Bonchev–Trinajstić information content (AvgIpc) is 4.35. The molecule has 0 bridgehead atoms. The molecule has 380 valence electrons. The fraction of sp³-hybridized carbons (Fsp3) is 0. The van der Waals surface area contributed by atoms with Crippen molar-refractivity contribution in [3.63, 3.8) is 0 Å². The zero-order valence-electron chi connectivity index (χ0n) is 44.0. The summed E-state index contributed by atoms with van der Waals surface area (Å²) in [6.45, 7) is 7.97. The molecule has 0 aliphatic rings. The van der Waals surface area contributed by atoms with Crippen LogP contribution in [0.4, 0.5) is 0 Å². The minimum absolute atomic E-state index is 0.553. The van der Waals surface area contributed by atoms with Gasteiger partial charge in [0.25, 0.3) is 0 Å². The van der Waals surface area contributed by atoms with Crippen molar-refractivity contribution in [2.45, 2.75) is 0 Å². The smallest absolute Gasteiger partial charge is 0.164 e. The molecule has 6 nitrogen and oxygen atoms in total. The van der Waals surface area contributed by atoms with Crippen LogP contribution in [0.1, 0.15) is 5.56 Å². The second-order valence-corrected chi connectivity index (χ2v) is 20.4. The van der Waals surface area contributed by atoms with Gasteiger partial charge in [0.05, 0.1) is 33.1 Å². The van der Waals surface area contributed by atoms with Gasteiger partial charge in [0.1, 0.15) is 11.2 Å². The van der Waals surface area contributed by atoms with Crippen LogP contribution < -0.4 is 0 Å². The Labute approximate surface area is 467 Å². The molecule has 11 aromatic carbocycles. The molecule has 0 saturated carbocycles. The van der Waals surface area contributed by atoms with Gasteiger partial charge in [-0.2, -0.15) is 0 Å². The first-order chi connectivity index (χ1) is 40.1. The maximum Gasteiger partial charge on any atom is 0.164 e. The topological polar surface area (TPSA) is 61.7 Å². The Morgan fingerprint density at radius 3 is 1.48 bits per heavy atom. The van der Waals surface area contributed by atoms with Crippen molar-refractivity contribution in [3.05, 3.63) is 292 Å². The fourth-order valence-corrected chi connectivity index (χ4v) is 12.0. The molecule has 15 aromatic rings. The van der Waals surface area contributed by atoms with Crippen LogP contribution in [0.5, 0.6) is 0 Å². The van der Waals surface area contributed by atoms with Gasteiger partial charge in [-0.05, 0) is 88.0 Å². The van der Waals surface area contributed by atoms with Crippen LogP contribution in [0, 0.1) is 0 Å². The summed E-state index contributed by atoms with van der Waals surface area (Å²) >= 11 is 0. The predicted octanol–water partition coefficient (Wildman–Crippen LogP) is 19.7. The zero-order chi connectivity index (χ0) is 54.0. The van der Waals surface area contributed by atoms with Crippen molar-refractivity contribution in [2.24, 2.45) is 0 Å². The van der Waals surface area contributed by atoms with Gasteiger partial charge in [-0.15, -0.1) is 0 Å². The van der Waals surface area contributed by atoms with E-state index < -0.39 is 0 Å². The van der Waals surface area contributed by atoms with Crippen LogP contribution in [0.25, 0.3) is 150 Å². The molecule has 0 atom stereocenters. The number of para-hydroxylation sites is 3. The molecule has 0 spiro atoms. The Morgan fingerprint density at radius 2 is 0.877 bits per heavy atom. The highest BCUT2D eigenvalue weighted by Crippen LogP contribution is 2.47. The maximum atomic E-state index is 7.22. The molecule has 6 heteroatoms. The van der Waals surface area contributed by atoms with E-state index in [1.165, 1.54) is 10.8 Å². The van der Waals surface area contributed by atoms with Gasteiger partial charge in [-0.25, -0.2) is 15.0 Å². The highest BCUT2D eigenvalue weighted by atomic mass is 16.3. The number of aromatic nitrogens is 5. The number of fused-ring (bicyclic) bond motifs is 10. The maximum absolute atomic E-state index is 7.22. The Kier molecular flexibility index (Phi) is 11.4. The number of furan rings is 1. The number of hydrogen-bond donors (Lipinski definition) is 0. The van der Waals surface area contributed by atoms with E-state index in [1.54, 1.807) is 6.08 Å². The second kappa shape index (κ2) is 19.5. The normalized spacial score (nSPS) is 11.9. The molecule has 0 aliphatic heterocycles. The van der Waals surface area contributed by atoms with Gasteiger partial charge in [0.2, 0.25) is 0 Å². The number of nitrogens with zero attached hydrogens (tertiary/aromatic N) is 5. The van der Waals surface area contributed by atoms with Crippen molar-refractivity contribution in [1.29, 1.82) is 0 Å². The molecule has 0 unspecified atom stereocenters. The summed E-state index contributed by atoms with van der Waals surface area (Å²) < 4.78 is 12.0. The third kappa shape index (κ3) is 7.99. The molecule has 0 N–H and O–H groups in total. The first-order valence-corrected chi connectivity index (χ1v) is 27.2. The van der Waals surface area contributed by atoms with Crippen molar-refractivity contribution in [2.75, 3.05) is 0 Å². The minimum Gasteiger partial charge on any atom is -0.455 e. The molecule has 4 aromatic heterocycles. The first-order valence-electron chi connectivity index (χ1n) is 27.2. The van der Waals surface area contributed by atoms with Crippen molar-refractivity contribution in [1.82, 2.24) is 24.1 Å². The summed E-state index contributed by atoms with van der Waals surface area (Å²) in [6, 6.07) is 90.1. The van der Waals surface area contributed by atoms with Crippen LogP contribution in [-0.4, -0.2) is 24.1 Å². The van der Waals surface area contributed by atoms with Crippen molar-refractivity contribution < 1.29 is 4.42 Å². The molecule has 4 heterocycles. The molecule has 0 aliphatic carbocycles. The molecule has 0 fully saturated rings. The van der Waals surface area contributed by atoms with E-state index in [-0.39, 0.29) is 0 Å². The third-order valence-corrected chi connectivity index (χ3v) is 15.7. The molecular formula is C75H49N5O. The summed E-state index contributed by atoms with van der Waals surface area (Å²) in [7, 11) is 0. The van der Waals surface area contributed by atoms with Crippen molar-refractivity contribution in [3.8, 4) is 78.9 Å². The second-order valence-electron chi connectivity index (χ2n) is 20.4.